The molecule has 0 bridgehead atoms. The molecule has 4 N–H and O–H groups in total. The summed E-state index contributed by atoms with van der Waals surface area (Å²) in [5.74, 6) is -0.222. The Morgan fingerprint density at radius 3 is 2.57 bits per heavy atom. The monoisotopic (exact) mass is 284 g/mol. The summed E-state index contributed by atoms with van der Waals surface area (Å²) in [5, 5.41) is 12.3. The summed E-state index contributed by atoms with van der Waals surface area (Å²) in [6.45, 7) is 1.78. The molecule has 0 aliphatic carbocycles. The van der Waals surface area contributed by atoms with Crippen molar-refractivity contribution < 1.29 is 9.90 Å². The van der Waals surface area contributed by atoms with Gasteiger partial charge in [-0.3, -0.25) is 4.79 Å². The lowest BCUT2D eigenvalue weighted by molar-refractivity contribution is 0.0916. The fraction of sp³-hybridized carbons (Fsp3) is 0.235. The molecule has 1 amide bonds. The third-order valence-corrected chi connectivity index (χ3v) is 3.24. The summed E-state index contributed by atoms with van der Waals surface area (Å²) in [6.07, 6.45) is 0.588. The molecule has 110 valence electrons. The topological polar surface area (TPSA) is 75.4 Å². The second kappa shape index (κ2) is 6.90. The van der Waals surface area contributed by atoms with Crippen molar-refractivity contribution >= 4 is 11.6 Å². The van der Waals surface area contributed by atoms with Crippen LogP contribution in [-0.2, 0) is 6.42 Å². The lowest BCUT2D eigenvalue weighted by Crippen LogP contribution is -2.39. The van der Waals surface area contributed by atoms with E-state index in [4.69, 9.17) is 5.73 Å². The van der Waals surface area contributed by atoms with Crippen molar-refractivity contribution in [3.8, 4) is 0 Å². The zero-order valence-corrected chi connectivity index (χ0v) is 12.0. The van der Waals surface area contributed by atoms with Gasteiger partial charge in [-0.15, -0.1) is 0 Å². The summed E-state index contributed by atoms with van der Waals surface area (Å²) in [6, 6.07) is 14.7. The van der Waals surface area contributed by atoms with Gasteiger partial charge in [0.05, 0.1) is 12.6 Å². The van der Waals surface area contributed by atoms with Crippen LogP contribution in [-0.4, -0.2) is 23.7 Å². The highest BCUT2D eigenvalue weighted by atomic mass is 16.3. The van der Waals surface area contributed by atoms with Gasteiger partial charge in [-0.25, -0.2) is 0 Å². The quantitative estimate of drug-likeness (QED) is 0.734. The number of rotatable bonds is 5. The van der Waals surface area contributed by atoms with E-state index in [2.05, 4.69) is 5.32 Å². The summed E-state index contributed by atoms with van der Waals surface area (Å²) in [7, 11) is 0. The largest absolute Gasteiger partial charge is 0.399 e. The van der Waals surface area contributed by atoms with Crippen LogP contribution >= 0.6 is 0 Å². The number of hydrogen-bond donors (Lipinski definition) is 3. The predicted molar refractivity (Wildman–Crippen MR) is 84.1 cm³/mol. The molecule has 0 saturated heterocycles. The molecule has 0 aromatic heterocycles. The molecule has 0 spiro atoms. The lowest BCUT2D eigenvalue weighted by atomic mass is 10.1. The van der Waals surface area contributed by atoms with E-state index in [-0.39, 0.29) is 18.6 Å². The fourth-order valence-corrected chi connectivity index (χ4v) is 2.27. The third kappa shape index (κ3) is 4.33. The first-order valence-electron chi connectivity index (χ1n) is 6.91. The van der Waals surface area contributed by atoms with Gasteiger partial charge in [0.2, 0.25) is 0 Å². The molecule has 1 atom stereocenters. The van der Waals surface area contributed by atoms with Gasteiger partial charge in [0, 0.05) is 11.3 Å². The van der Waals surface area contributed by atoms with Gasteiger partial charge in [0.25, 0.3) is 5.91 Å². The first kappa shape index (κ1) is 15.1. The van der Waals surface area contributed by atoms with Gasteiger partial charge in [-0.2, -0.15) is 0 Å². The molecule has 4 nitrogen and oxygen atoms in total. The van der Waals surface area contributed by atoms with Crippen molar-refractivity contribution in [2.24, 2.45) is 0 Å². The Labute approximate surface area is 124 Å². The van der Waals surface area contributed by atoms with Crippen LogP contribution in [0, 0.1) is 6.92 Å². The number of carbonyl (C=O) groups excluding carboxylic acids is 1. The molecule has 0 radical (unpaired) electrons. The second-order valence-corrected chi connectivity index (χ2v) is 5.18. The summed E-state index contributed by atoms with van der Waals surface area (Å²) < 4.78 is 0. The van der Waals surface area contributed by atoms with Crippen LogP contribution in [0.2, 0.25) is 0 Å². The van der Waals surface area contributed by atoms with Crippen LogP contribution in [0.5, 0.6) is 0 Å². The van der Waals surface area contributed by atoms with Crippen molar-refractivity contribution in [3.05, 3.63) is 65.2 Å². The highest BCUT2D eigenvalue weighted by molar-refractivity contribution is 5.95. The minimum Gasteiger partial charge on any atom is -0.399 e. The van der Waals surface area contributed by atoms with Gasteiger partial charge in [-0.1, -0.05) is 30.3 Å². The number of amides is 1. The average molecular weight is 284 g/mol. The number of aliphatic hydroxyl groups excluding tert-OH is 1. The summed E-state index contributed by atoms with van der Waals surface area (Å²) in [5.41, 5.74) is 8.83. The van der Waals surface area contributed by atoms with E-state index >= 15 is 0 Å². The van der Waals surface area contributed by atoms with E-state index in [9.17, 15) is 9.90 Å². The maximum Gasteiger partial charge on any atom is 0.251 e. The first-order valence-corrected chi connectivity index (χ1v) is 6.91. The molecule has 0 heterocycles. The molecule has 0 saturated carbocycles. The SMILES string of the molecule is Cc1cc(N)cc(C(=O)N[C@H](CO)Cc2ccccc2)c1. The highest BCUT2D eigenvalue weighted by Crippen LogP contribution is 2.12. The van der Waals surface area contributed by atoms with E-state index in [1.807, 2.05) is 43.3 Å². The van der Waals surface area contributed by atoms with Gasteiger partial charge >= 0.3 is 0 Å². The smallest absolute Gasteiger partial charge is 0.251 e. The second-order valence-electron chi connectivity index (χ2n) is 5.18. The van der Waals surface area contributed by atoms with Crippen LogP contribution < -0.4 is 11.1 Å². The summed E-state index contributed by atoms with van der Waals surface area (Å²) in [4.78, 5) is 12.2. The maximum absolute atomic E-state index is 12.2. The van der Waals surface area contributed by atoms with Crippen molar-refractivity contribution in [2.75, 3.05) is 12.3 Å². The number of hydrogen-bond acceptors (Lipinski definition) is 3. The molecule has 0 unspecified atom stereocenters. The van der Waals surface area contributed by atoms with Crippen molar-refractivity contribution in [3.63, 3.8) is 0 Å². The Morgan fingerprint density at radius 1 is 1.24 bits per heavy atom. The average Bonchev–Trinajstić information content (AvgIpc) is 2.46. The molecule has 0 aliphatic heterocycles. The minimum absolute atomic E-state index is 0.109. The van der Waals surface area contributed by atoms with E-state index < -0.39 is 0 Å². The van der Waals surface area contributed by atoms with Gasteiger partial charge < -0.3 is 16.2 Å². The number of nitrogens with one attached hydrogen (secondary N) is 1. The Bertz CT molecular complexity index is 591. The van der Waals surface area contributed by atoms with E-state index in [1.54, 1.807) is 12.1 Å². The van der Waals surface area contributed by atoms with Crippen LogP contribution in [0.25, 0.3) is 0 Å². The minimum atomic E-state index is -0.318. The van der Waals surface area contributed by atoms with Gasteiger partial charge in [-0.05, 0) is 42.7 Å². The highest BCUT2D eigenvalue weighted by Gasteiger charge is 2.14. The zero-order valence-electron chi connectivity index (χ0n) is 12.0. The molecule has 2 aromatic carbocycles. The van der Waals surface area contributed by atoms with E-state index in [1.165, 1.54) is 0 Å². The van der Waals surface area contributed by atoms with Crippen molar-refractivity contribution in [1.29, 1.82) is 0 Å². The van der Waals surface area contributed by atoms with Gasteiger partial charge in [0.1, 0.15) is 0 Å². The molecule has 21 heavy (non-hydrogen) atoms. The standard InChI is InChI=1S/C17H20N2O2/c1-12-7-14(10-15(18)8-12)17(21)19-16(11-20)9-13-5-3-2-4-6-13/h2-8,10,16,20H,9,11,18H2,1H3,(H,19,21)/t16-/m0/s1. The molecule has 4 heteroatoms. The van der Waals surface area contributed by atoms with Crippen LogP contribution in [0.1, 0.15) is 21.5 Å². The maximum atomic E-state index is 12.2. The Balaban J connectivity index is 2.05. The number of anilines is 1. The molecular weight excluding hydrogens is 264 g/mol. The molecular formula is C17H20N2O2. The third-order valence-electron chi connectivity index (χ3n) is 3.24. The number of aryl methyl sites for hydroxylation is 1. The fourth-order valence-electron chi connectivity index (χ4n) is 2.27. The van der Waals surface area contributed by atoms with Crippen molar-refractivity contribution in [1.82, 2.24) is 5.32 Å². The Kier molecular flexibility index (Phi) is 4.95. The van der Waals surface area contributed by atoms with Gasteiger partial charge in [0.15, 0.2) is 0 Å². The number of nitrogen functional groups attached to an aromatic ring is 1. The Hall–Kier alpha value is -2.33. The number of carbonyl (C=O) groups is 1. The van der Waals surface area contributed by atoms with E-state index in [0.717, 1.165) is 11.1 Å². The number of aliphatic hydroxyl groups is 1. The van der Waals surface area contributed by atoms with Crippen LogP contribution in [0.15, 0.2) is 48.5 Å². The van der Waals surface area contributed by atoms with Crippen LogP contribution in [0.3, 0.4) is 0 Å². The zero-order chi connectivity index (χ0) is 15.2. The molecule has 2 rings (SSSR count). The molecule has 0 fully saturated rings. The first-order chi connectivity index (χ1) is 10.1. The number of nitrogens with two attached hydrogens (primary N) is 1. The number of benzene rings is 2. The van der Waals surface area contributed by atoms with E-state index in [0.29, 0.717) is 17.7 Å². The summed E-state index contributed by atoms with van der Waals surface area (Å²) >= 11 is 0. The molecule has 0 aliphatic rings. The normalized spacial score (nSPS) is 11.9. The predicted octanol–water partition coefficient (Wildman–Crippen LogP) is 1.91. The lowest BCUT2D eigenvalue weighted by Gasteiger charge is -2.17. The Morgan fingerprint density at radius 2 is 1.95 bits per heavy atom. The van der Waals surface area contributed by atoms with Crippen molar-refractivity contribution in [2.45, 2.75) is 19.4 Å². The van der Waals surface area contributed by atoms with Crippen LogP contribution in [0.4, 0.5) is 5.69 Å². The molecule has 2 aromatic rings.